The van der Waals surface area contributed by atoms with Crippen molar-refractivity contribution in [3.8, 4) is 0 Å². The average Bonchev–Trinajstić information content (AvgIpc) is 2.44. The van der Waals surface area contributed by atoms with Gasteiger partial charge in [0.2, 0.25) is 0 Å². The summed E-state index contributed by atoms with van der Waals surface area (Å²) in [6.45, 7) is 5.21. The lowest BCUT2D eigenvalue weighted by atomic mass is 10.2. The van der Waals surface area contributed by atoms with Crippen molar-refractivity contribution in [3.63, 3.8) is 0 Å². The van der Waals surface area contributed by atoms with Gasteiger partial charge < -0.3 is 9.47 Å². The maximum atomic E-state index is 10.4. The van der Waals surface area contributed by atoms with Crippen molar-refractivity contribution >= 4 is 5.97 Å². The van der Waals surface area contributed by atoms with Gasteiger partial charge in [-0.3, -0.25) is 4.79 Å². The molecule has 58 valence electrons. The summed E-state index contributed by atoms with van der Waals surface area (Å²) in [4.78, 5) is 10.4. The van der Waals surface area contributed by atoms with Gasteiger partial charge in [-0.05, 0) is 13.8 Å². The van der Waals surface area contributed by atoms with Gasteiger partial charge in [-0.1, -0.05) is 0 Å². The zero-order chi connectivity index (χ0) is 7.72. The molecule has 0 aliphatic carbocycles. The Morgan fingerprint density at radius 2 is 2.20 bits per heavy atom. The number of hydrogen-bond donors (Lipinski definition) is 0. The first-order valence-corrected chi connectivity index (χ1v) is 3.44. The van der Waals surface area contributed by atoms with E-state index in [1.54, 1.807) is 0 Å². The van der Waals surface area contributed by atoms with Crippen LogP contribution in [-0.4, -0.2) is 24.3 Å². The minimum Gasteiger partial charge on any atom is -0.460 e. The monoisotopic (exact) mass is 144 g/mol. The Hall–Kier alpha value is -0.570. The van der Waals surface area contributed by atoms with Crippen LogP contribution in [0.4, 0.5) is 0 Å². The van der Waals surface area contributed by atoms with Crippen molar-refractivity contribution < 1.29 is 14.3 Å². The second kappa shape index (κ2) is 2.58. The van der Waals surface area contributed by atoms with Crippen molar-refractivity contribution in [2.24, 2.45) is 0 Å². The van der Waals surface area contributed by atoms with E-state index in [4.69, 9.17) is 9.47 Å². The number of ether oxygens (including phenoxy) is 2. The molecule has 0 aromatic heterocycles. The molecule has 1 rings (SSSR count). The highest BCUT2D eigenvalue weighted by atomic mass is 16.6. The average molecular weight is 144 g/mol. The molecule has 1 aliphatic rings. The van der Waals surface area contributed by atoms with Gasteiger partial charge in [-0.25, -0.2) is 0 Å². The molecule has 0 saturated carbocycles. The molecule has 0 spiro atoms. The van der Waals surface area contributed by atoms with Gasteiger partial charge in [0.15, 0.2) is 0 Å². The Morgan fingerprint density at radius 3 is 2.50 bits per heavy atom. The van der Waals surface area contributed by atoms with Crippen LogP contribution in [0.3, 0.4) is 0 Å². The zero-order valence-corrected chi connectivity index (χ0v) is 6.46. The van der Waals surface area contributed by atoms with E-state index in [2.05, 4.69) is 0 Å². The number of rotatable bonds is 2. The lowest BCUT2D eigenvalue weighted by molar-refractivity contribution is -0.146. The normalized spacial score (nSPS) is 33.1. The highest BCUT2D eigenvalue weighted by Gasteiger charge is 2.40. The van der Waals surface area contributed by atoms with Crippen LogP contribution in [0.1, 0.15) is 20.8 Å². The Bertz CT molecular complexity index is 144. The Labute approximate surface area is 60.3 Å². The first-order chi connectivity index (χ1) is 4.61. The molecule has 0 bridgehead atoms. The fourth-order valence-electron chi connectivity index (χ4n) is 1.02. The molecular formula is C7H12O3. The topological polar surface area (TPSA) is 38.8 Å². The summed E-state index contributed by atoms with van der Waals surface area (Å²) in [6, 6.07) is 0. The van der Waals surface area contributed by atoms with Crippen molar-refractivity contribution in [3.05, 3.63) is 0 Å². The molecule has 0 amide bonds. The first-order valence-electron chi connectivity index (χ1n) is 3.44. The quantitative estimate of drug-likeness (QED) is 0.423. The summed E-state index contributed by atoms with van der Waals surface area (Å²) in [5.74, 6) is -0.241. The summed E-state index contributed by atoms with van der Waals surface area (Å²) in [6.07, 6.45) is 0.297. The molecule has 3 nitrogen and oxygen atoms in total. The van der Waals surface area contributed by atoms with E-state index in [-0.39, 0.29) is 24.3 Å². The van der Waals surface area contributed by atoms with E-state index in [9.17, 15) is 4.79 Å². The van der Waals surface area contributed by atoms with Crippen LogP contribution in [0.15, 0.2) is 0 Å². The summed E-state index contributed by atoms with van der Waals surface area (Å²) in [5.41, 5.74) is 0. The van der Waals surface area contributed by atoms with Gasteiger partial charge in [-0.15, -0.1) is 0 Å². The van der Waals surface area contributed by atoms with Crippen LogP contribution in [0.25, 0.3) is 0 Å². The molecule has 1 heterocycles. The second-order valence-corrected chi connectivity index (χ2v) is 2.62. The predicted octanol–water partition coefficient (Wildman–Crippen LogP) is 0.725. The van der Waals surface area contributed by atoms with Crippen molar-refractivity contribution in [1.82, 2.24) is 0 Å². The lowest BCUT2D eigenvalue weighted by Crippen LogP contribution is -2.19. The molecule has 0 radical (unpaired) electrons. The molecule has 1 saturated heterocycles. The molecule has 1 aliphatic heterocycles. The Kier molecular flexibility index (Phi) is 1.94. The summed E-state index contributed by atoms with van der Waals surface area (Å²) in [7, 11) is 0. The molecule has 0 aromatic carbocycles. The van der Waals surface area contributed by atoms with Gasteiger partial charge >= 0.3 is 5.97 Å². The van der Waals surface area contributed by atoms with Crippen LogP contribution in [0.5, 0.6) is 0 Å². The van der Waals surface area contributed by atoms with E-state index in [1.165, 1.54) is 6.92 Å². The highest BCUT2D eigenvalue weighted by Crippen LogP contribution is 2.25. The van der Waals surface area contributed by atoms with Crippen LogP contribution < -0.4 is 0 Å². The van der Waals surface area contributed by atoms with Crippen LogP contribution in [0.2, 0.25) is 0 Å². The van der Waals surface area contributed by atoms with Crippen LogP contribution >= 0.6 is 0 Å². The van der Waals surface area contributed by atoms with E-state index in [0.29, 0.717) is 0 Å². The SMILES string of the molecule is CC(=O)O[C@H](C)[C@@H]1O[C@H]1C. The molecule has 3 atom stereocenters. The second-order valence-electron chi connectivity index (χ2n) is 2.62. The van der Waals surface area contributed by atoms with Crippen molar-refractivity contribution in [2.75, 3.05) is 0 Å². The molecule has 0 aromatic rings. The van der Waals surface area contributed by atoms with Crippen LogP contribution in [-0.2, 0) is 14.3 Å². The van der Waals surface area contributed by atoms with Gasteiger partial charge in [0.1, 0.15) is 12.2 Å². The molecule has 0 unspecified atom stereocenters. The van der Waals surface area contributed by atoms with Gasteiger partial charge in [0.25, 0.3) is 0 Å². The van der Waals surface area contributed by atoms with Crippen LogP contribution in [0, 0.1) is 0 Å². The number of carbonyl (C=O) groups is 1. The maximum absolute atomic E-state index is 10.4. The predicted molar refractivity (Wildman–Crippen MR) is 35.6 cm³/mol. The van der Waals surface area contributed by atoms with E-state index < -0.39 is 0 Å². The third-order valence-electron chi connectivity index (χ3n) is 1.57. The standard InChI is InChI=1S/C7H12O3/c1-4(9-6(3)8)7-5(2)10-7/h4-5,7H,1-3H3/t4-,5+,7+/m1/s1. The minimum atomic E-state index is -0.241. The summed E-state index contributed by atoms with van der Waals surface area (Å²) < 4.78 is 9.98. The Morgan fingerprint density at radius 1 is 1.70 bits per heavy atom. The van der Waals surface area contributed by atoms with E-state index in [1.807, 2.05) is 13.8 Å². The van der Waals surface area contributed by atoms with Gasteiger partial charge in [0.05, 0.1) is 6.10 Å². The summed E-state index contributed by atoms with van der Waals surface area (Å²) >= 11 is 0. The largest absolute Gasteiger partial charge is 0.460 e. The number of carbonyl (C=O) groups excluding carboxylic acids is 1. The van der Waals surface area contributed by atoms with Gasteiger partial charge in [-0.2, -0.15) is 0 Å². The van der Waals surface area contributed by atoms with E-state index >= 15 is 0 Å². The zero-order valence-electron chi connectivity index (χ0n) is 6.46. The van der Waals surface area contributed by atoms with E-state index in [0.717, 1.165) is 0 Å². The number of esters is 1. The minimum absolute atomic E-state index is 0.0903. The molecule has 10 heavy (non-hydrogen) atoms. The highest BCUT2D eigenvalue weighted by molar-refractivity contribution is 5.66. The summed E-state index contributed by atoms with van der Waals surface area (Å²) in [5, 5.41) is 0. The smallest absolute Gasteiger partial charge is 0.302 e. The maximum Gasteiger partial charge on any atom is 0.302 e. The molecule has 0 N–H and O–H groups in total. The fourth-order valence-corrected chi connectivity index (χ4v) is 1.02. The third-order valence-corrected chi connectivity index (χ3v) is 1.57. The van der Waals surface area contributed by atoms with Crippen molar-refractivity contribution in [1.29, 1.82) is 0 Å². The van der Waals surface area contributed by atoms with Crippen molar-refractivity contribution in [2.45, 2.75) is 39.1 Å². The molecule has 3 heteroatoms. The fraction of sp³-hybridized carbons (Fsp3) is 0.857. The molecular weight excluding hydrogens is 132 g/mol. The lowest BCUT2D eigenvalue weighted by Gasteiger charge is -2.07. The first kappa shape index (κ1) is 7.54. The number of hydrogen-bond acceptors (Lipinski definition) is 3. The third kappa shape index (κ3) is 1.70. The van der Waals surface area contributed by atoms with Gasteiger partial charge in [0, 0.05) is 6.92 Å². The number of epoxide rings is 1. The Balaban J connectivity index is 2.22. The molecule has 1 fully saturated rings.